The second-order valence-electron chi connectivity index (χ2n) is 7.35. The molecule has 0 aromatic heterocycles. The lowest BCUT2D eigenvalue weighted by atomic mass is 9.81. The first-order valence-corrected chi connectivity index (χ1v) is 9.03. The topological polar surface area (TPSA) is 3.24 Å². The fourth-order valence-corrected chi connectivity index (χ4v) is 4.50. The first-order chi connectivity index (χ1) is 10.2. The summed E-state index contributed by atoms with van der Waals surface area (Å²) in [6.07, 6.45) is 3.71. The predicted molar refractivity (Wildman–Crippen MR) is 103 cm³/mol. The van der Waals surface area contributed by atoms with E-state index in [1.807, 2.05) is 0 Å². The molecule has 0 fully saturated rings. The van der Waals surface area contributed by atoms with Crippen molar-refractivity contribution in [3.63, 3.8) is 0 Å². The van der Waals surface area contributed by atoms with E-state index in [1.165, 1.54) is 47.2 Å². The van der Waals surface area contributed by atoms with Crippen molar-refractivity contribution in [2.24, 2.45) is 0 Å². The van der Waals surface area contributed by atoms with E-state index in [0.717, 1.165) is 4.86 Å². The Kier molecular flexibility index (Phi) is 4.73. The lowest BCUT2D eigenvalue weighted by Crippen LogP contribution is -2.42. The van der Waals surface area contributed by atoms with Crippen LogP contribution in [-0.4, -0.2) is 17.5 Å². The van der Waals surface area contributed by atoms with Crippen LogP contribution in [-0.2, 0) is 0 Å². The molecule has 2 heteroatoms. The van der Waals surface area contributed by atoms with E-state index < -0.39 is 0 Å². The summed E-state index contributed by atoms with van der Waals surface area (Å²) in [5.74, 6) is 0.658. The predicted octanol–water partition coefficient (Wildman–Crippen LogP) is 5.85. The molecule has 0 aliphatic carbocycles. The Balaban J connectivity index is 2.77. The van der Waals surface area contributed by atoms with Crippen LogP contribution in [0, 0.1) is 20.8 Å². The Labute approximate surface area is 142 Å². The molecule has 1 aromatic carbocycles. The molecule has 1 aliphatic heterocycles. The highest BCUT2D eigenvalue weighted by Crippen LogP contribution is 2.46. The molecule has 1 nitrogen and oxygen atoms in total. The van der Waals surface area contributed by atoms with Crippen molar-refractivity contribution < 1.29 is 0 Å². The van der Waals surface area contributed by atoms with Gasteiger partial charge in [0.1, 0.15) is 0 Å². The summed E-state index contributed by atoms with van der Waals surface area (Å²) in [6, 6.07) is 0. The molecule has 122 valence electrons. The first-order valence-electron chi connectivity index (χ1n) is 8.62. The highest BCUT2D eigenvalue weighted by molar-refractivity contribution is 7.81. The van der Waals surface area contributed by atoms with E-state index in [0.29, 0.717) is 5.92 Å². The summed E-state index contributed by atoms with van der Waals surface area (Å²) in [5.41, 5.74) is 8.53. The molecule has 0 N–H and O–H groups in total. The van der Waals surface area contributed by atoms with Crippen molar-refractivity contribution in [3.8, 4) is 0 Å². The number of hydrogen-bond acceptors (Lipinski definition) is 2. The molecule has 1 heterocycles. The van der Waals surface area contributed by atoms with Crippen molar-refractivity contribution in [2.75, 3.05) is 11.9 Å². The molecule has 0 bridgehead atoms. The average Bonchev–Trinajstić information content (AvgIpc) is 2.65. The van der Waals surface area contributed by atoms with Gasteiger partial charge in [-0.1, -0.05) is 32.5 Å². The number of rotatable bonds is 4. The van der Waals surface area contributed by atoms with Crippen molar-refractivity contribution in [2.45, 2.75) is 79.2 Å². The Bertz CT molecular complexity index is 613. The normalized spacial score (nSPS) is 17.8. The molecule has 0 saturated carbocycles. The van der Waals surface area contributed by atoms with Crippen molar-refractivity contribution in [1.29, 1.82) is 0 Å². The SMILES string of the molecule is CCCC(CC)c1c(C)c(C)c2c(c1C)C(=S)C(C)(C)N2C. The minimum atomic E-state index is -0.0648. The second-order valence-corrected chi connectivity index (χ2v) is 7.76. The third-order valence-corrected chi connectivity index (χ3v) is 6.54. The average molecular weight is 318 g/mol. The van der Waals surface area contributed by atoms with E-state index in [1.54, 1.807) is 5.56 Å². The number of thiocarbonyl (C=S) groups is 1. The van der Waals surface area contributed by atoms with Crippen molar-refractivity contribution >= 4 is 22.8 Å². The highest BCUT2D eigenvalue weighted by Gasteiger charge is 2.42. The fourth-order valence-electron chi connectivity index (χ4n) is 4.11. The minimum absolute atomic E-state index is 0.0648. The molecule has 0 saturated heterocycles. The van der Waals surface area contributed by atoms with E-state index >= 15 is 0 Å². The van der Waals surface area contributed by atoms with Gasteiger partial charge in [0.05, 0.1) is 5.54 Å². The first kappa shape index (κ1) is 17.5. The molecule has 22 heavy (non-hydrogen) atoms. The van der Waals surface area contributed by atoms with Crippen LogP contribution in [0.1, 0.15) is 80.7 Å². The number of benzene rings is 1. The van der Waals surface area contributed by atoms with Gasteiger partial charge in [-0.05, 0) is 75.6 Å². The lowest BCUT2D eigenvalue weighted by Gasteiger charge is -2.31. The van der Waals surface area contributed by atoms with E-state index in [2.05, 4.69) is 60.4 Å². The summed E-state index contributed by atoms with van der Waals surface area (Å²) >= 11 is 5.88. The third kappa shape index (κ3) is 2.31. The molecule has 0 radical (unpaired) electrons. The van der Waals surface area contributed by atoms with Crippen LogP contribution in [0.25, 0.3) is 0 Å². The largest absolute Gasteiger partial charge is 0.364 e. The number of anilines is 1. The zero-order chi connectivity index (χ0) is 16.8. The van der Waals surface area contributed by atoms with Gasteiger partial charge in [-0.3, -0.25) is 0 Å². The molecule has 1 unspecified atom stereocenters. The number of likely N-dealkylation sites (N-methyl/N-ethyl adjacent to an activating group) is 1. The monoisotopic (exact) mass is 317 g/mol. The quantitative estimate of drug-likeness (QED) is 0.641. The van der Waals surface area contributed by atoms with Gasteiger partial charge in [0, 0.05) is 23.2 Å². The fraction of sp³-hybridized carbons (Fsp3) is 0.650. The molecule has 1 atom stereocenters. The van der Waals surface area contributed by atoms with Crippen LogP contribution in [0.5, 0.6) is 0 Å². The Morgan fingerprint density at radius 1 is 1.05 bits per heavy atom. The molecule has 0 spiro atoms. The summed E-state index contributed by atoms with van der Waals surface area (Å²) in [6.45, 7) is 16.0. The van der Waals surface area contributed by atoms with E-state index in [-0.39, 0.29) is 5.54 Å². The Morgan fingerprint density at radius 3 is 2.14 bits per heavy atom. The molecule has 0 amide bonds. The third-order valence-electron chi connectivity index (χ3n) is 5.83. The minimum Gasteiger partial charge on any atom is -0.364 e. The van der Waals surface area contributed by atoms with E-state index in [9.17, 15) is 0 Å². The van der Waals surface area contributed by atoms with Crippen LogP contribution in [0.4, 0.5) is 5.69 Å². The van der Waals surface area contributed by atoms with Gasteiger partial charge in [-0.25, -0.2) is 0 Å². The zero-order valence-electron chi connectivity index (χ0n) is 15.6. The van der Waals surface area contributed by atoms with Gasteiger partial charge in [0.25, 0.3) is 0 Å². The maximum absolute atomic E-state index is 5.88. The molecule has 2 rings (SSSR count). The van der Waals surface area contributed by atoms with Crippen LogP contribution >= 0.6 is 12.2 Å². The van der Waals surface area contributed by atoms with Crippen LogP contribution in [0.3, 0.4) is 0 Å². The maximum atomic E-state index is 5.88. The summed E-state index contributed by atoms with van der Waals surface area (Å²) < 4.78 is 0. The Hall–Kier alpha value is -0.890. The highest BCUT2D eigenvalue weighted by atomic mass is 32.1. The van der Waals surface area contributed by atoms with Gasteiger partial charge in [-0.15, -0.1) is 0 Å². The summed E-state index contributed by atoms with van der Waals surface area (Å²) in [7, 11) is 2.19. The Morgan fingerprint density at radius 2 is 1.64 bits per heavy atom. The van der Waals surface area contributed by atoms with Gasteiger partial charge in [-0.2, -0.15) is 0 Å². The van der Waals surface area contributed by atoms with Crippen LogP contribution < -0.4 is 4.90 Å². The van der Waals surface area contributed by atoms with Crippen LogP contribution in [0.2, 0.25) is 0 Å². The van der Waals surface area contributed by atoms with Gasteiger partial charge < -0.3 is 4.90 Å². The lowest BCUT2D eigenvalue weighted by molar-refractivity contribution is 0.589. The summed E-state index contributed by atoms with van der Waals surface area (Å²) in [4.78, 5) is 3.49. The molecule has 1 aliphatic rings. The number of fused-ring (bicyclic) bond motifs is 1. The second kappa shape index (κ2) is 5.96. The van der Waals surface area contributed by atoms with Gasteiger partial charge in [0.15, 0.2) is 0 Å². The molecular weight excluding hydrogens is 286 g/mol. The van der Waals surface area contributed by atoms with E-state index in [4.69, 9.17) is 12.2 Å². The molecular formula is C20H31NS. The van der Waals surface area contributed by atoms with Crippen molar-refractivity contribution in [1.82, 2.24) is 0 Å². The number of nitrogens with zero attached hydrogens (tertiary/aromatic N) is 1. The van der Waals surface area contributed by atoms with Crippen LogP contribution in [0.15, 0.2) is 0 Å². The van der Waals surface area contributed by atoms with Gasteiger partial charge in [0.2, 0.25) is 0 Å². The zero-order valence-corrected chi connectivity index (χ0v) is 16.4. The standard InChI is InChI=1S/C20H31NS/c1-9-11-15(10-2)16-12(3)13(4)18-17(14(16)5)19(22)20(6,7)21(18)8/h15H,9-11H2,1-8H3. The van der Waals surface area contributed by atoms with Gasteiger partial charge >= 0.3 is 0 Å². The molecule has 1 aromatic rings. The smallest absolute Gasteiger partial charge is 0.0702 e. The summed E-state index contributed by atoms with van der Waals surface area (Å²) in [5, 5.41) is 0. The van der Waals surface area contributed by atoms with Crippen molar-refractivity contribution in [3.05, 3.63) is 27.8 Å². The number of hydrogen-bond donors (Lipinski definition) is 0. The maximum Gasteiger partial charge on any atom is 0.0702 e.